The van der Waals surface area contributed by atoms with E-state index in [-0.39, 0.29) is 12.0 Å². The Kier molecular flexibility index (Phi) is 4.30. The molecular weight excluding hydrogens is 330 g/mol. The lowest BCUT2D eigenvalue weighted by molar-refractivity contribution is -0.0881. The predicted molar refractivity (Wildman–Crippen MR) is 85.7 cm³/mol. The highest BCUT2D eigenvalue weighted by Gasteiger charge is 2.44. The van der Waals surface area contributed by atoms with E-state index in [1.54, 1.807) is 26.8 Å². The molecule has 1 amide bonds. The number of thiazole rings is 1. The van der Waals surface area contributed by atoms with E-state index in [2.05, 4.69) is 15.1 Å². The molecule has 2 saturated heterocycles. The number of amides is 1. The first-order valence-corrected chi connectivity index (χ1v) is 8.94. The number of rotatable bonds is 3. The van der Waals surface area contributed by atoms with Crippen molar-refractivity contribution in [1.82, 2.24) is 24.6 Å². The Morgan fingerprint density at radius 2 is 2.46 bits per heavy atom. The molecule has 24 heavy (non-hydrogen) atoms. The standard InChI is InChI=1S/C15H19N5O3S/c21-14(13-6-24-11-17-13)19-3-4-22-8-15(7-19)2-1-12(23-15)5-20-10-16-9-18-20/h6,9-12H,1-5,7-8H2. The average molecular weight is 349 g/mol. The Hall–Kier alpha value is -1.84. The third-order valence-electron chi connectivity index (χ3n) is 4.48. The van der Waals surface area contributed by atoms with Crippen molar-refractivity contribution < 1.29 is 14.3 Å². The third kappa shape index (κ3) is 3.19. The van der Waals surface area contributed by atoms with E-state index in [1.165, 1.54) is 17.7 Å². The fourth-order valence-corrected chi connectivity index (χ4v) is 3.87. The molecule has 9 heteroatoms. The summed E-state index contributed by atoms with van der Waals surface area (Å²) in [5.41, 5.74) is 1.74. The van der Waals surface area contributed by atoms with Crippen LogP contribution in [0.1, 0.15) is 23.3 Å². The number of carbonyl (C=O) groups excluding carboxylic acids is 1. The first-order valence-electron chi connectivity index (χ1n) is 8.00. The van der Waals surface area contributed by atoms with E-state index in [4.69, 9.17) is 9.47 Å². The molecule has 0 N–H and O–H groups in total. The van der Waals surface area contributed by atoms with Gasteiger partial charge < -0.3 is 14.4 Å². The zero-order valence-corrected chi connectivity index (χ0v) is 14.0. The maximum absolute atomic E-state index is 12.6. The maximum atomic E-state index is 12.6. The molecule has 4 rings (SSSR count). The van der Waals surface area contributed by atoms with Gasteiger partial charge in [-0.3, -0.25) is 9.48 Å². The van der Waals surface area contributed by atoms with Gasteiger partial charge in [-0.05, 0) is 12.8 Å². The second kappa shape index (κ2) is 6.58. The number of aromatic nitrogens is 4. The Morgan fingerprint density at radius 1 is 1.50 bits per heavy atom. The van der Waals surface area contributed by atoms with Crippen molar-refractivity contribution in [3.8, 4) is 0 Å². The summed E-state index contributed by atoms with van der Waals surface area (Å²) in [7, 11) is 0. The zero-order valence-electron chi connectivity index (χ0n) is 13.2. The lowest BCUT2D eigenvalue weighted by Gasteiger charge is -2.31. The average Bonchev–Trinajstić information content (AvgIpc) is 3.30. The number of hydrogen-bond donors (Lipinski definition) is 0. The molecular formula is C15H19N5O3S. The third-order valence-corrected chi connectivity index (χ3v) is 5.07. The van der Waals surface area contributed by atoms with Crippen molar-refractivity contribution in [3.05, 3.63) is 29.2 Å². The van der Waals surface area contributed by atoms with Gasteiger partial charge in [-0.15, -0.1) is 11.3 Å². The number of nitrogens with zero attached hydrogens (tertiary/aromatic N) is 5. The van der Waals surface area contributed by atoms with Crippen LogP contribution in [-0.2, 0) is 16.0 Å². The second-order valence-corrected chi connectivity index (χ2v) is 6.95. The van der Waals surface area contributed by atoms with Crippen molar-refractivity contribution in [2.24, 2.45) is 0 Å². The molecule has 128 valence electrons. The van der Waals surface area contributed by atoms with E-state index in [1.807, 2.05) is 0 Å². The summed E-state index contributed by atoms with van der Waals surface area (Å²) in [6, 6.07) is 0. The first-order chi connectivity index (χ1) is 11.7. The van der Waals surface area contributed by atoms with Gasteiger partial charge in [-0.25, -0.2) is 9.97 Å². The van der Waals surface area contributed by atoms with E-state index in [9.17, 15) is 4.79 Å². The minimum atomic E-state index is -0.437. The van der Waals surface area contributed by atoms with Crippen molar-refractivity contribution in [3.63, 3.8) is 0 Å². The van der Waals surface area contributed by atoms with E-state index < -0.39 is 5.60 Å². The number of hydrogen-bond acceptors (Lipinski definition) is 7. The van der Waals surface area contributed by atoms with Crippen molar-refractivity contribution in [2.75, 3.05) is 26.3 Å². The summed E-state index contributed by atoms with van der Waals surface area (Å²) in [6.45, 7) is 2.81. The molecule has 2 aliphatic rings. The zero-order chi connectivity index (χ0) is 16.4. The van der Waals surface area contributed by atoms with Crippen LogP contribution in [0.5, 0.6) is 0 Å². The Labute approximate surface area is 143 Å². The molecule has 2 atom stereocenters. The molecule has 1 spiro atoms. The van der Waals surface area contributed by atoms with E-state index in [0.29, 0.717) is 38.5 Å². The van der Waals surface area contributed by atoms with Gasteiger partial charge in [0, 0.05) is 11.9 Å². The fraction of sp³-hybridized carbons (Fsp3) is 0.600. The molecule has 2 aromatic heterocycles. The van der Waals surface area contributed by atoms with Crippen LogP contribution in [-0.4, -0.2) is 68.6 Å². The van der Waals surface area contributed by atoms with Crippen LogP contribution < -0.4 is 0 Å². The largest absolute Gasteiger partial charge is 0.377 e. The maximum Gasteiger partial charge on any atom is 0.273 e. The van der Waals surface area contributed by atoms with Gasteiger partial charge in [-0.1, -0.05) is 0 Å². The van der Waals surface area contributed by atoms with E-state index >= 15 is 0 Å². The summed E-state index contributed by atoms with van der Waals surface area (Å²) in [5.74, 6) is -0.0514. The van der Waals surface area contributed by atoms with Crippen LogP contribution in [0.4, 0.5) is 0 Å². The Morgan fingerprint density at radius 3 is 3.25 bits per heavy atom. The minimum Gasteiger partial charge on any atom is -0.377 e. The highest BCUT2D eigenvalue weighted by Crippen LogP contribution is 2.34. The van der Waals surface area contributed by atoms with Crippen molar-refractivity contribution in [1.29, 1.82) is 0 Å². The second-order valence-electron chi connectivity index (χ2n) is 6.23. The molecule has 0 bridgehead atoms. The Bertz CT molecular complexity index is 677. The highest BCUT2D eigenvalue weighted by atomic mass is 32.1. The van der Waals surface area contributed by atoms with Crippen LogP contribution in [0, 0.1) is 0 Å². The molecule has 0 aliphatic carbocycles. The predicted octanol–water partition coefficient (Wildman–Crippen LogP) is 0.825. The highest BCUT2D eigenvalue weighted by molar-refractivity contribution is 7.07. The van der Waals surface area contributed by atoms with Gasteiger partial charge in [0.2, 0.25) is 0 Å². The van der Waals surface area contributed by atoms with Gasteiger partial charge in [-0.2, -0.15) is 5.10 Å². The van der Waals surface area contributed by atoms with Crippen molar-refractivity contribution in [2.45, 2.75) is 31.1 Å². The summed E-state index contributed by atoms with van der Waals surface area (Å²) >= 11 is 1.43. The summed E-state index contributed by atoms with van der Waals surface area (Å²) in [6.07, 6.45) is 5.06. The summed E-state index contributed by atoms with van der Waals surface area (Å²) < 4.78 is 13.8. The van der Waals surface area contributed by atoms with Gasteiger partial charge in [0.25, 0.3) is 5.91 Å². The first kappa shape index (κ1) is 15.7. The normalized spacial score (nSPS) is 27.5. The summed E-state index contributed by atoms with van der Waals surface area (Å²) in [5, 5.41) is 5.91. The smallest absolute Gasteiger partial charge is 0.273 e. The SMILES string of the molecule is O=C(c1cscn1)N1CCOCC2(CCC(Cn3cncn3)O2)C1. The van der Waals surface area contributed by atoms with Gasteiger partial charge in [0.15, 0.2) is 0 Å². The van der Waals surface area contributed by atoms with Gasteiger partial charge in [0.05, 0.1) is 37.9 Å². The minimum absolute atomic E-state index is 0.0514. The molecule has 2 aromatic rings. The van der Waals surface area contributed by atoms with Gasteiger partial charge >= 0.3 is 0 Å². The van der Waals surface area contributed by atoms with Crippen LogP contribution in [0.3, 0.4) is 0 Å². The quantitative estimate of drug-likeness (QED) is 0.816. The van der Waals surface area contributed by atoms with E-state index in [0.717, 1.165) is 12.8 Å². The summed E-state index contributed by atoms with van der Waals surface area (Å²) in [4.78, 5) is 22.5. The molecule has 0 aromatic carbocycles. The molecule has 2 unspecified atom stereocenters. The van der Waals surface area contributed by atoms with Crippen LogP contribution in [0.25, 0.3) is 0 Å². The van der Waals surface area contributed by atoms with Crippen LogP contribution in [0.15, 0.2) is 23.5 Å². The van der Waals surface area contributed by atoms with Crippen molar-refractivity contribution >= 4 is 17.2 Å². The molecule has 2 fully saturated rings. The molecule has 2 aliphatic heterocycles. The monoisotopic (exact) mass is 349 g/mol. The fourth-order valence-electron chi connectivity index (χ4n) is 3.34. The van der Waals surface area contributed by atoms with Gasteiger partial charge in [0.1, 0.15) is 23.9 Å². The molecule has 0 saturated carbocycles. The van der Waals surface area contributed by atoms with Crippen LogP contribution in [0.2, 0.25) is 0 Å². The molecule has 4 heterocycles. The lowest BCUT2D eigenvalue weighted by Crippen LogP contribution is -2.47. The molecule has 8 nitrogen and oxygen atoms in total. The topological polar surface area (TPSA) is 82.4 Å². The Balaban J connectivity index is 1.45. The molecule has 0 radical (unpaired) electrons. The van der Waals surface area contributed by atoms with Crippen LogP contribution >= 0.6 is 11.3 Å². The number of carbonyl (C=O) groups is 1. The number of ether oxygens (including phenoxy) is 2. The lowest BCUT2D eigenvalue weighted by atomic mass is 10.00.